The molecule has 1 aromatic heterocycles. The minimum absolute atomic E-state index is 0.0960. The molecule has 4 nitrogen and oxygen atoms in total. The second-order valence-corrected chi connectivity index (χ2v) is 4.84. The molecular weight excluding hydrogens is 248 g/mol. The molecule has 1 heterocycles. The summed E-state index contributed by atoms with van der Waals surface area (Å²) in [7, 11) is 0. The van der Waals surface area contributed by atoms with E-state index in [9.17, 15) is 0 Å². The summed E-state index contributed by atoms with van der Waals surface area (Å²) in [5, 5.41) is 6.68. The van der Waals surface area contributed by atoms with E-state index >= 15 is 0 Å². The molecule has 0 fully saturated rings. The number of nitrogens with one attached hydrogen (secondary N) is 1. The normalized spacial score (nSPS) is 13.1. The number of aromatic nitrogens is 1. The summed E-state index contributed by atoms with van der Waals surface area (Å²) in [5.41, 5.74) is 0. The summed E-state index contributed by atoms with van der Waals surface area (Å²) in [4.78, 5) is 4.35. The molecule has 0 amide bonds. The highest BCUT2D eigenvalue weighted by Crippen LogP contribution is 2.18. The zero-order valence-corrected chi connectivity index (χ0v) is 12.3. The molecule has 0 aliphatic carbocycles. The fourth-order valence-electron chi connectivity index (χ4n) is 1.77. The van der Waals surface area contributed by atoms with Gasteiger partial charge in [0.2, 0.25) is 0 Å². The number of nitrogens with zero attached hydrogens (tertiary/aromatic N) is 1. The van der Waals surface area contributed by atoms with E-state index in [2.05, 4.69) is 17.2 Å². The molecule has 0 saturated carbocycles. The Balaban J connectivity index is 2.29. The van der Waals surface area contributed by atoms with E-state index in [4.69, 9.17) is 9.47 Å². The van der Waals surface area contributed by atoms with Crippen molar-refractivity contribution < 1.29 is 9.47 Å². The summed E-state index contributed by atoms with van der Waals surface area (Å²) >= 11 is 1.70. The molecular formula is C13H24N2O2S. The lowest BCUT2D eigenvalue weighted by atomic mass is 10.2. The number of hydrogen-bond acceptors (Lipinski definition) is 5. The fourth-order valence-corrected chi connectivity index (χ4v) is 2.57. The molecule has 0 aliphatic rings. The van der Waals surface area contributed by atoms with E-state index in [1.165, 1.54) is 0 Å². The lowest BCUT2D eigenvalue weighted by Gasteiger charge is -2.19. The van der Waals surface area contributed by atoms with Gasteiger partial charge < -0.3 is 14.8 Å². The average Bonchev–Trinajstić information content (AvgIpc) is 2.89. The van der Waals surface area contributed by atoms with E-state index < -0.39 is 0 Å². The maximum absolute atomic E-state index is 5.51. The van der Waals surface area contributed by atoms with Gasteiger partial charge in [0.15, 0.2) is 6.29 Å². The summed E-state index contributed by atoms with van der Waals surface area (Å²) in [6.07, 6.45) is 3.67. The van der Waals surface area contributed by atoms with E-state index in [1.807, 2.05) is 25.4 Å². The molecule has 104 valence electrons. The maximum atomic E-state index is 5.51. The standard InChI is InChI=1S/C13H24N2O2S/c1-4-11(13-15-9-10-18-13)14-8-7-12(16-5-2)17-6-3/h9-12,14H,4-8H2,1-3H3. The third-order valence-corrected chi connectivity index (χ3v) is 3.52. The van der Waals surface area contributed by atoms with Gasteiger partial charge >= 0.3 is 0 Å². The number of ether oxygens (including phenoxy) is 2. The summed E-state index contributed by atoms with van der Waals surface area (Å²) in [5.74, 6) is 0. The predicted octanol–water partition coefficient (Wildman–Crippen LogP) is 2.97. The predicted molar refractivity (Wildman–Crippen MR) is 74.8 cm³/mol. The topological polar surface area (TPSA) is 43.4 Å². The van der Waals surface area contributed by atoms with Gasteiger partial charge in [-0.3, -0.25) is 0 Å². The first-order chi connectivity index (χ1) is 8.81. The van der Waals surface area contributed by atoms with Gasteiger partial charge in [-0.1, -0.05) is 6.92 Å². The van der Waals surface area contributed by atoms with Crippen molar-refractivity contribution in [1.29, 1.82) is 0 Å². The molecule has 1 aromatic rings. The molecule has 5 heteroatoms. The number of thiazole rings is 1. The van der Waals surface area contributed by atoms with Crippen LogP contribution in [0.5, 0.6) is 0 Å². The van der Waals surface area contributed by atoms with Gasteiger partial charge in [0.05, 0.1) is 6.04 Å². The van der Waals surface area contributed by atoms with Crippen molar-refractivity contribution in [2.75, 3.05) is 19.8 Å². The van der Waals surface area contributed by atoms with Gasteiger partial charge in [0.1, 0.15) is 5.01 Å². The minimum Gasteiger partial charge on any atom is -0.353 e. The van der Waals surface area contributed by atoms with Crippen LogP contribution in [-0.4, -0.2) is 31.0 Å². The van der Waals surface area contributed by atoms with Crippen molar-refractivity contribution in [2.24, 2.45) is 0 Å². The molecule has 1 atom stereocenters. The zero-order valence-electron chi connectivity index (χ0n) is 11.5. The highest BCUT2D eigenvalue weighted by molar-refractivity contribution is 7.09. The van der Waals surface area contributed by atoms with E-state index in [1.54, 1.807) is 11.3 Å². The Morgan fingerprint density at radius 2 is 2.00 bits per heavy atom. The minimum atomic E-state index is -0.0960. The maximum Gasteiger partial charge on any atom is 0.158 e. The Hall–Kier alpha value is -0.490. The molecule has 0 saturated heterocycles. The second-order valence-electron chi connectivity index (χ2n) is 3.91. The highest BCUT2D eigenvalue weighted by atomic mass is 32.1. The van der Waals surface area contributed by atoms with Crippen LogP contribution < -0.4 is 5.32 Å². The molecule has 18 heavy (non-hydrogen) atoms. The van der Waals surface area contributed by atoms with E-state index in [0.717, 1.165) is 24.4 Å². The van der Waals surface area contributed by atoms with Crippen LogP contribution >= 0.6 is 11.3 Å². The third-order valence-electron chi connectivity index (χ3n) is 2.63. The molecule has 1 rings (SSSR count). The number of rotatable bonds is 10. The molecule has 0 aromatic carbocycles. The Kier molecular flexibility index (Phi) is 8.17. The van der Waals surface area contributed by atoms with Crippen LogP contribution in [0.4, 0.5) is 0 Å². The van der Waals surface area contributed by atoms with Gasteiger partial charge in [-0.15, -0.1) is 11.3 Å². The number of hydrogen-bond donors (Lipinski definition) is 1. The molecule has 1 N–H and O–H groups in total. The van der Waals surface area contributed by atoms with Crippen LogP contribution in [0.3, 0.4) is 0 Å². The zero-order chi connectivity index (χ0) is 13.2. The van der Waals surface area contributed by atoms with Crippen molar-refractivity contribution >= 4 is 11.3 Å². The van der Waals surface area contributed by atoms with Gasteiger partial charge in [0, 0.05) is 37.8 Å². The van der Waals surface area contributed by atoms with Crippen LogP contribution in [0.2, 0.25) is 0 Å². The largest absolute Gasteiger partial charge is 0.353 e. The molecule has 1 unspecified atom stereocenters. The Morgan fingerprint density at radius 1 is 1.28 bits per heavy atom. The molecule has 0 aliphatic heterocycles. The van der Waals surface area contributed by atoms with Crippen LogP contribution in [0.1, 0.15) is 44.7 Å². The van der Waals surface area contributed by atoms with E-state index in [0.29, 0.717) is 19.3 Å². The van der Waals surface area contributed by atoms with Gasteiger partial charge in [-0.2, -0.15) is 0 Å². The first-order valence-corrected chi connectivity index (χ1v) is 7.55. The van der Waals surface area contributed by atoms with Crippen LogP contribution in [0, 0.1) is 0 Å². The first-order valence-electron chi connectivity index (χ1n) is 6.67. The third kappa shape index (κ3) is 5.44. The van der Waals surface area contributed by atoms with E-state index in [-0.39, 0.29) is 6.29 Å². The monoisotopic (exact) mass is 272 g/mol. The first kappa shape index (κ1) is 15.6. The van der Waals surface area contributed by atoms with Gasteiger partial charge in [-0.05, 0) is 20.3 Å². The average molecular weight is 272 g/mol. The summed E-state index contributed by atoms with van der Waals surface area (Å²) in [6, 6.07) is 0.342. The quantitative estimate of drug-likeness (QED) is 0.665. The Bertz CT molecular complexity index is 287. The summed E-state index contributed by atoms with van der Waals surface area (Å²) < 4.78 is 11.0. The molecule has 0 radical (unpaired) electrons. The van der Waals surface area contributed by atoms with Crippen molar-refractivity contribution in [3.05, 3.63) is 16.6 Å². The lowest BCUT2D eigenvalue weighted by molar-refractivity contribution is -0.138. The van der Waals surface area contributed by atoms with Crippen LogP contribution in [-0.2, 0) is 9.47 Å². The van der Waals surface area contributed by atoms with Crippen molar-refractivity contribution in [2.45, 2.75) is 45.9 Å². The van der Waals surface area contributed by atoms with Crippen LogP contribution in [0.15, 0.2) is 11.6 Å². The Morgan fingerprint density at radius 3 is 2.50 bits per heavy atom. The Labute approximate surface area is 114 Å². The van der Waals surface area contributed by atoms with Gasteiger partial charge in [0.25, 0.3) is 0 Å². The molecule has 0 bridgehead atoms. The van der Waals surface area contributed by atoms with Crippen LogP contribution in [0.25, 0.3) is 0 Å². The summed E-state index contributed by atoms with van der Waals surface area (Å²) in [6.45, 7) is 8.40. The van der Waals surface area contributed by atoms with Crippen molar-refractivity contribution in [3.8, 4) is 0 Å². The lowest BCUT2D eigenvalue weighted by Crippen LogP contribution is -2.27. The second kappa shape index (κ2) is 9.44. The fraction of sp³-hybridized carbons (Fsp3) is 0.769. The highest BCUT2D eigenvalue weighted by Gasteiger charge is 2.13. The van der Waals surface area contributed by atoms with Crippen molar-refractivity contribution in [1.82, 2.24) is 10.3 Å². The van der Waals surface area contributed by atoms with Gasteiger partial charge in [-0.25, -0.2) is 4.98 Å². The van der Waals surface area contributed by atoms with Crippen molar-refractivity contribution in [3.63, 3.8) is 0 Å². The smallest absolute Gasteiger partial charge is 0.158 e. The SMILES string of the molecule is CCOC(CCNC(CC)c1nccs1)OCC. The molecule has 0 spiro atoms.